The number of benzene rings is 1. The third kappa shape index (κ3) is 5.32. The number of nitrogens with zero attached hydrogens (tertiary/aromatic N) is 4. The van der Waals surface area contributed by atoms with Crippen molar-refractivity contribution in [3.05, 3.63) is 33.4 Å². The van der Waals surface area contributed by atoms with Gasteiger partial charge >= 0.3 is 0 Å². The minimum atomic E-state index is -0.524. The minimum absolute atomic E-state index is 0.0366. The molecule has 1 aliphatic heterocycles. The van der Waals surface area contributed by atoms with Crippen LogP contribution in [0.2, 0.25) is 15.1 Å². The molecular weight excluding hydrogens is 537 g/mol. The Kier molecular flexibility index (Phi) is 7.42. The van der Waals surface area contributed by atoms with E-state index in [1.165, 1.54) is 0 Å². The highest BCUT2D eigenvalue weighted by Gasteiger charge is 2.38. The van der Waals surface area contributed by atoms with Crippen molar-refractivity contribution in [1.29, 1.82) is 0 Å². The Labute approximate surface area is 230 Å². The molecule has 0 bridgehead atoms. The molecule has 1 aromatic carbocycles. The molecule has 37 heavy (non-hydrogen) atoms. The van der Waals surface area contributed by atoms with Crippen LogP contribution in [0.25, 0.3) is 11.2 Å². The van der Waals surface area contributed by atoms with Crippen molar-refractivity contribution in [2.24, 2.45) is 17.1 Å². The van der Waals surface area contributed by atoms with Gasteiger partial charge in [-0.1, -0.05) is 48.7 Å². The summed E-state index contributed by atoms with van der Waals surface area (Å²) in [5.41, 5.74) is 7.01. The number of fused-ring (bicyclic) bond motifs is 1. The Balaban J connectivity index is 1.54. The van der Waals surface area contributed by atoms with Crippen LogP contribution in [0.4, 0.5) is 17.6 Å². The summed E-state index contributed by atoms with van der Waals surface area (Å²) in [5, 5.41) is 7.99. The molecular formula is C25H30Cl3N7O2. The summed E-state index contributed by atoms with van der Waals surface area (Å²) >= 11 is 19.1. The number of imidazole rings is 1. The largest absolute Gasteiger partial charge is 0.381 e. The van der Waals surface area contributed by atoms with Gasteiger partial charge in [0.1, 0.15) is 5.52 Å². The molecule has 2 aliphatic rings. The van der Waals surface area contributed by atoms with Crippen molar-refractivity contribution < 1.29 is 9.53 Å². The summed E-state index contributed by atoms with van der Waals surface area (Å²) in [7, 11) is 0. The first-order chi connectivity index (χ1) is 17.6. The van der Waals surface area contributed by atoms with Gasteiger partial charge < -0.3 is 21.1 Å². The van der Waals surface area contributed by atoms with Gasteiger partial charge in [-0.05, 0) is 50.2 Å². The fraction of sp³-hybridized carbons (Fsp3) is 0.520. The van der Waals surface area contributed by atoms with Gasteiger partial charge in [0.05, 0.1) is 28.5 Å². The molecule has 1 amide bonds. The summed E-state index contributed by atoms with van der Waals surface area (Å²) in [6, 6.07) is 3.51. The number of nitrogens with one attached hydrogen (secondary N) is 2. The van der Waals surface area contributed by atoms with E-state index in [0.717, 1.165) is 19.3 Å². The number of anilines is 3. The number of carbonyl (C=O) groups excluding carboxylic acids is 1. The first-order valence-corrected chi connectivity index (χ1v) is 13.6. The maximum Gasteiger partial charge on any atom is 0.224 e. The minimum Gasteiger partial charge on any atom is -0.381 e. The van der Waals surface area contributed by atoms with Gasteiger partial charge in [0.15, 0.2) is 5.65 Å². The van der Waals surface area contributed by atoms with Crippen LogP contribution in [-0.2, 0) is 9.53 Å². The van der Waals surface area contributed by atoms with Crippen molar-refractivity contribution >= 4 is 69.5 Å². The zero-order chi connectivity index (χ0) is 26.3. The Morgan fingerprint density at radius 2 is 1.86 bits per heavy atom. The first-order valence-electron chi connectivity index (χ1n) is 12.5. The van der Waals surface area contributed by atoms with Crippen molar-refractivity contribution in [2.45, 2.75) is 58.0 Å². The smallest absolute Gasteiger partial charge is 0.224 e. The Bertz CT molecular complexity index is 1300. The number of nitrogens with two attached hydrogens (primary N) is 1. The van der Waals surface area contributed by atoms with Crippen molar-refractivity contribution in [2.75, 3.05) is 23.8 Å². The van der Waals surface area contributed by atoms with Crippen LogP contribution >= 0.6 is 34.8 Å². The predicted octanol–water partition coefficient (Wildman–Crippen LogP) is 5.97. The fourth-order valence-corrected chi connectivity index (χ4v) is 6.08. The van der Waals surface area contributed by atoms with E-state index in [1.807, 2.05) is 6.92 Å². The molecule has 2 atom stereocenters. The van der Waals surface area contributed by atoms with Crippen LogP contribution in [-0.4, -0.2) is 44.7 Å². The van der Waals surface area contributed by atoms with Gasteiger partial charge in [-0.3, -0.25) is 9.36 Å². The summed E-state index contributed by atoms with van der Waals surface area (Å²) in [6.07, 6.45) is 5.43. The van der Waals surface area contributed by atoms with Crippen LogP contribution in [0, 0.1) is 11.3 Å². The number of amides is 1. The van der Waals surface area contributed by atoms with Crippen LogP contribution in [0.3, 0.4) is 0 Å². The molecule has 4 N–H and O–H groups in total. The van der Waals surface area contributed by atoms with Gasteiger partial charge in [0, 0.05) is 29.1 Å². The molecule has 198 valence electrons. The number of primary amides is 1. The lowest BCUT2D eigenvalue weighted by Crippen LogP contribution is -2.38. The maximum atomic E-state index is 12.1. The van der Waals surface area contributed by atoms with E-state index in [4.69, 9.17) is 55.2 Å². The standard InChI is InChI=1S/C25H30Cl3N7O2/c1-13-12-37-8-5-18(13)31-23-30-11-19-21(34-23)35(15-3-6-25(2,7-4-15)22(29)36)24(32-19)33-20-16(27)9-14(26)10-17(20)28/h9-11,13,15,18H,3-8,12H2,1-2H3,(H2,29,36)(H,32,33)(H,30,31,34)/t13-,15-,18?,25+/m1/s1. The van der Waals surface area contributed by atoms with E-state index in [9.17, 15) is 4.79 Å². The van der Waals surface area contributed by atoms with Crippen LogP contribution in [0.5, 0.6) is 0 Å². The lowest BCUT2D eigenvalue weighted by Gasteiger charge is -2.35. The fourth-order valence-electron chi connectivity index (χ4n) is 5.17. The highest BCUT2D eigenvalue weighted by molar-refractivity contribution is 6.41. The van der Waals surface area contributed by atoms with Crippen LogP contribution in [0.1, 0.15) is 52.0 Å². The van der Waals surface area contributed by atoms with E-state index in [2.05, 4.69) is 27.1 Å². The topological polar surface area (TPSA) is 120 Å². The number of hydrogen-bond acceptors (Lipinski definition) is 7. The number of ether oxygens (including phenoxy) is 1. The molecule has 5 rings (SSSR count). The number of aromatic nitrogens is 4. The number of carbonyl (C=O) groups is 1. The Hall–Kier alpha value is -2.33. The van der Waals surface area contributed by atoms with E-state index >= 15 is 0 Å². The molecule has 3 heterocycles. The molecule has 2 fully saturated rings. The Morgan fingerprint density at radius 3 is 2.51 bits per heavy atom. The van der Waals surface area contributed by atoms with Gasteiger partial charge in [0.2, 0.25) is 17.8 Å². The van der Waals surface area contributed by atoms with Crippen molar-refractivity contribution in [3.8, 4) is 0 Å². The summed E-state index contributed by atoms with van der Waals surface area (Å²) in [6.45, 7) is 5.50. The second kappa shape index (κ2) is 10.4. The van der Waals surface area contributed by atoms with E-state index < -0.39 is 5.41 Å². The highest BCUT2D eigenvalue weighted by Crippen LogP contribution is 2.44. The average Bonchev–Trinajstić information content (AvgIpc) is 3.20. The molecule has 12 heteroatoms. The zero-order valence-electron chi connectivity index (χ0n) is 20.7. The first kappa shape index (κ1) is 26.3. The van der Waals surface area contributed by atoms with Gasteiger partial charge in [-0.2, -0.15) is 4.98 Å². The normalized spacial score (nSPS) is 26.2. The third-order valence-electron chi connectivity index (χ3n) is 7.65. The van der Waals surface area contributed by atoms with Crippen molar-refractivity contribution in [3.63, 3.8) is 0 Å². The summed E-state index contributed by atoms with van der Waals surface area (Å²) in [5.74, 6) is 1.16. The lowest BCUT2D eigenvalue weighted by atomic mass is 9.73. The number of rotatable bonds is 6. The maximum absolute atomic E-state index is 12.1. The quantitative estimate of drug-likeness (QED) is 0.336. The molecule has 3 aromatic rings. The van der Waals surface area contributed by atoms with Gasteiger partial charge in [0.25, 0.3) is 0 Å². The second-order valence-corrected chi connectivity index (χ2v) is 11.6. The van der Waals surface area contributed by atoms with Gasteiger partial charge in [-0.25, -0.2) is 9.97 Å². The van der Waals surface area contributed by atoms with E-state index in [0.29, 0.717) is 75.8 Å². The molecule has 1 saturated carbocycles. The molecule has 1 unspecified atom stereocenters. The lowest BCUT2D eigenvalue weighted by molar-refractivity contribution is -0.128. The monoisotopic (exact) mass is 565 g/mol. The molecule has 1 saturated heterocycles. The predicted molar refractivity (Wildman–Crippen MR) is 147 cm³/mol. The zero-order valence-corrected chi connectivity index (χ0v) is 23.0. The van der Waals surface area contributed by atoms with Gasteiger partial charge in [-0.15, -0.1) is 0 Å². The number of halogens is 3. The SMILES string of the molecule is C[C@@H]1COCCC1Nc1ncc2nc(Nc3c(Cl)cc(Cl)cc3Cl)n([C@H]3CC[C@@](C)(C(N)=O)CC3)c2n1. The molecule has 1 aliphatic carbocycles. The summed E-state index contributed by atoms with van der Waals surface area (Å²) < 4.78 is 7.64. The third-order valence-corrected chi connectivity index (χ3v) is 8.46. The highest BCUT2D eigenvalue weighted by atomic mass is 35.5. The van der Waals surface area contributed by atoms with Crippen molar-refractivity contribution in [1.82, 2.24) is 19.5 Å². The molecule has 0 radical (unpaired) electrons. The van der Waals surface area contributed by atoms with E-state index in [1.54, 1.807) is 18.3 Å². The molecule has 0 spiro atoms. The number of hydrogen-bond donors (Lipinski definition) is 3. The van der Waals surface area contributed by atoms with E-state index in [-0.39, 0.29) is 18.0 Å². The van der Waals surface area contributed by atoms with Crippen LogP contribution < -0.4 is 16.4 Å². The second-order valence-electron chi connectivity index (χ2n) is 10.3. The van der Waals surface area contributed by atoms with Crippen LogP contribution in [0.15, 0.2) is 18.3 Å². The average molecular weight is 567 g/mol. The summed E-state index contributed by atoms with van der Waals surface area (Å²) in [4.78, 5) is 26.3. The molecule has 9 nitrogen and oxygen atoms in total. The Morgan fingerprint density at radius 1 is 1.16 bits per heavy atom. The molecule has 2 aromatic heterocycles.